The number of nitrogens with zero attached hydrogens (tertiary/aromatic N) is 1. The van der Waals surface area contributed by atoms with E-state index < -0.39 is 0 Å². The average Bonchev–Trinajstić information content (AvgIpc) is 2.40. The van der Waals surface area contributed by atoms with Crippen LogP contribution in [0.25, 0.3) is 0 Å². The molecule has 0 spiro atoms. The van der Waals surface area contributed by atoms with Gasteiger partial charge in [-0.15, -0.1) is 0 Å². The summed E-state index contributed by atoms with van der Waals surface area (Å²) < 4.78 is 8.86. The Balaban J connectivity index is 2.11. The van der Waals surface area contributed by atoms with Crippen LogP contribution in [0, 0.1) is 11.3 Å². The summed E-state index contributed by atoms with van der Waals surface area (Å²) in [6, 6.07) is 17.5. The van der Waals surface area contributed by atoms with Crippen LogP contribution < -0.4 is 0 Å². The van der Waals surface area contributed by atoms with Crippen molar-refractivity contribution in [2.24, 2.45) is 0 Å². The number of benzene rings is 2. The van der Waals surface area contributed by atoms with Gasteiger partial charge in [0, 0.05) is 16.9 Å². The second kappa shape index (κ2) is 5.53. The van der Waals surface area contributed by atoms with Gasteiger partial charge >= 0.3 is 0 Å². The summed E-state index contributed by atoms with van der Waals surface area (Å²) >= 11 is 0.753. The van der Waals surface area contributed by atoms with E-state index in [9.17, 15) is 0 Å². The molecule has 17 heavy (non-hydrogen) atoms. The smallest absolute Gasteiger partial charge is 0.0991 e. The molecule has 3 heteroatoms. The number of hydrogen-bond acceptors (Lipinski definition) is 3. The molecule has 2 aromatic rings. The fraction of sp³-hybridized carbons (Fsp3) is 0.0714. The number of nitriles is 1. The molecule has 84 valence electrons. The molecule has 0 saturated carbocycles. The van der Waals surface area contributed by atoms with E-state index in [1.807, 2.05) is 48.5 Å². The maximum Gasteiger partial charge on any atom is 0.0991 e. The van der Waals surface area contributed by atoms with E-state index in [0.29, 0.717) is 5.56 Å². The molecule has 0 unspecified atom stereocenters. The Labute approximate surface area is 105 Å². The highest BCUT2D eigenvalue weighted by atomic mass is 32.2. The van der Waals surface area contributed by atoms with Crippen LogP contribution in [0.15, 0.2) is 53.4 Å². The zero-order valence-corrected chi connectivity index (χ0v) is 9.95. The molecule has 0 amide bonds. The van der Waals surface area contributed by atoms with E-state index in [1.165, 1.54) is 11.1 Å². The van der Waals surface area contributed by atoms with Crippen LogP contribution in [0.3, 0.4) is 0 Å². The predicted octanol–water partition coefficient (Wildman–Crippen LogP) is 3.71. The van der Waals surface area contributed by atoms with Gasteiger partial charge < -0.3 is 4.55 Å². The molecular formula is C14H11NOS. The van der Waals surface area contributed by atoms with E-state index in [1.54, 1.807) is 0 Å². The minimum Gasteiger partial charge on any atom is -0.325 e. The van der Waals surface area contributed by atoms with E-state index in [2.05, 4.69) is 6.07 Å². The summed E-state index contributed by atoms with van der Waals surface area (Å²) in [4.78, 5) is 0.841. The van der Waals surface area contributed by atoms with Crippen LogP contribution in [-0.2, 0) is 6.42 Å². The maximum atomic E-state index is 8.86. The minimum atomic E-state index is 0.681. The van der Waals surface area contributed by atoms with Crippen molar-refractivity contribution in [2.45, 2.75) is 11.3 Å². The molecule has 2 rings (SSSR count). The summed E-state index contributed by atoms with van der Waals surface area (Å²) in [5, 5.41) is 8.70. The largest absolute Gasteiger partial charge is 0.325 e. The van der Waals surface area contributed by atoms with Crippen LogP contribution in [0.2, 0.25) is 0 Å². The fourth-order valence-corrected chi connectivity index (χ4v) is 1.86. The zero-order chi connectivity index (χ0) is 12.1. The molecule has 2 aromatic carbocycles. The normalized spacial score (nSPS) is 9.88. The molecule has 0 aliphatic heterocycles. The van der Waals surface area contributed by atoms with Crippen LogP contribution in [0.1, 0.15) is 16.7 Å². The van der Waals surface area contributed by atoms with Gasteiger partial charge in [0.2, 0.25) is 0 Å². The molecule has 0 saturated heterocycles. The Bertz CT molecular complexity index is 526. The van der Waals surface area contributed by atoms with Gasteiger partial charge in [-0.25, -0.2) is 0 Å². The highest BCUT2D eigenvalue weighted by Crippen LogP contribution is 2.16. The summed E-state index contributed by atoms with van der Waals surface area (Å²) in [5.41, 5.74) is 3.04. The SMILES string of the molecule is N#Cc1ccc(Cc2ccc(SO)cc2)cc1. The van der Waals surface area contributed by atoms with Gasteiger partial charge in [0.25, 0.3) is 0 Å². The second-order valence-corrected chi connectivity index (χ2v) is 4.37. The highest BCUT2D eigenvalue weighted by molar-refractivity contribution is 7.93. The van der Waals surface area contributed by atoms with Crippen molar-refractivity contribution in [3.8, 4) is 6.07 Å². The van der Waals surface area contributed by atoms with Crippen molar-refractivity contribution in [1.29, 1.82) is 5.26 Å². The molecule has 0 aliphatic carbocycles. The monoisotopic (exact) mass is 241 g/mol. The molecule has 2 nitrogen and oxygen atoms in total. The van der Waals surface area contributed by atoms with Gasteiger partial charge in [0.1, 0.15) is 0 Å². The van der Waals surface area contributed by atoms with Crippen molar-refractivity contribution < 1.29 is 4.55 Å². The zero-order valence-electron chi connectivity index (χ0n) is 9.13. The average molecular weight is 241 g/mol. The van der Waals surface area contributed by atoms with Gasteiger partial charge in [-0.05, 0) is 41.8 Å². The Kier molecular flexibility index (Phi) is 3.81. The quantitative estimate of drug-likeness (QED) is 0.833. The molecule has 0 aromatic heterocycles. The standard InChI is InChI=1S/C14H11NOS/c15-10-13-3-1-11(2-4-13)9-12-5-7-14(17-16)8-6-12/h1-8,16H,9H2. The van der Waals surface area contributed by atoms with Crippen molar-refractivity contribution in [3.05, 3.63) is 65.2 Å². The van der Waals surface area contributed by atoms with Crippen LogP contribution in [0.4, 0.5) is 0 Å². The van der Waals surface area contributed by atoms with Crippen molar-refractivity contribution >= 4 is 12.0 Å². The van der Waals surface area contributed by atoms with Gasteiger partial charge in [-0.2, -0.15) is 5.26 Å². The third-order valence-corrected chi connectivity index (χ3v) is 3.00. The first kappa shape index (κ1) is 11.7. The van der Waals surface area contributed by atoms with Gasteiger partial charge in [0.05, 0.1) is 11.6 Å². The molecule has 0 bridgehead atoms. The second-order valence-electron chi connectivity index (χ2n) is 3.72. The lowest BCUT2D eigenvalue weighted by Gasteiger charge is -2.02. The third kappa shape index (κ3) is 3.10. The fourth-order valence-electron chi connectivity index (χ4n) is 1.60. The summed E-state index contributed by atoms with van der Waals surface area (Å²) in [7, 11) is 0. The first-order valence-corrected chi connectivity index (χ1v) is 5.98. The van der Waals surface area contributed by atoms with Crippen LogP contribution in [-0.4, -0.2) is 4.55 Å². The van der Waals surface area contributed by atoms with Crippen molar-refractivity contribution in [3.63, 3.8) is 0 Å². The van der Waals surface area contributed by atoms with E-state index >= 15 is 0 Å². The van der Waals surface area contributed by atoms with E-state index in [-0.39, 0.29) is 0 Å². The number of hydrogen-bond donors (Lipinski definition) is 1. The Hall–Kier alpha value is -1.76. The molecule has 0 aliphatic rings. The van der Waals surface area contributed by atoms with Gasteiger partial charge in [-0.3, -0.25) is 0 Å². The lowest BCUT2D eigenvalue weighted by atomic mass is 10.0. The minimum absolute atomic E-state index is 0.681. The summed E-state index contributed by atoms with van der Waals surface area (Å²) in [6.45, 7) is 0. The Morgan fingerprint density at radius 1 is 0.941 bits per heavy atom. The van der Waals surface area contributed by atoms with Crippen molar-refractivity contribution in [1.82, 2.24) is 0 Å². The Morgan fingerprint density at radius 3 is 1.94 bits per heavy atom. The highest BCUT2D eigenvalue weighted by Gasteiger charge is 1.98. The lowest BCUT2D eigenvalue weighted by molar-refractivity contribution is 0.664. The van der Waals surface area contributed by atoms with Crippen molar-refractivity contribution in [2.75, 3.05) is 0 Å². The topological polar surface area (TPSA) is 44.0 Å². The molecule has 0 radical (unpaired) electrons. The summed E-state index contributed by atoms with van der Waals surface area (Å²) in [6.07, 6.45) is 0.835. The molecule has 0 atom stereocenters. The third-order valence-electron chi connectivity index (χ3n) is 2.52. The van der Waals surface area contributed by atoms with Crippen LogP contribution in [0.5, 0.6) is 0 Å². The van der Waals surface area contributed by atoms with E-state index in [0.717, 1.165) is 23.4 Å². The Morgan fingerprint density at radius 2 is 1.47 bits per heavy atom. The maximum absolute atomic E-state index is 8.86. The number of rotatable bonds is 3. The predicted molar refractivity (Wildman–Crippen MR) is 68.9 cm³/mol. The van der Waals surface area contributed by atoms with Gasteiger partial charge in [0.15, 0.2) is 0 Å². The van der Waals surface area contributed by atoms with Gasteiger partial charge in [-0.1, -0.05) is 24.3 Å². The van der Waals surface area contributed by atoms with E-state index in [4.69, 9.17) is 9.81 Å². The molecule has 0 heterocycles. The molecule has 1 N–H and O–H groups in total. The molecular weight excluding hydrogens is 230 g/mol. The first-order valence-electron chi connectivity index (χ1n) is 5.21. The van der Waals surface area contributed by atoms with Crippen LogP contribution >= 0.6 is 12.0 Å². The molecule has 0 fully saturated rings. The lowest BCUT2D eigenvalue weighted by Crippen LogP contribution is -1.88. The first-order chi connectivity index (χ1) is 8.31. The summed E-state index contributed by atoms with van der Waals surface area (Å²) in [5.74, 6) is 0.